The molecule has 0 unspecified atom stereocenters. The molecule has 2 rings (SSSR count). The Hall–Kier alpha value is -0.860. The molecule has 1 saturated heterocycles. The van der Waals surface area contributed by atoms with Gasteiger partial charge < -0.3 is 0 Å². The third kappa shape index (κ3) is 2.63. The molecule has 2 amide bonds. The van der Waals surface area contributed by atoms with E-state index in [2.05, 4.69) is 0 Å². The van der Waals surface area contributed by atoms with Gasteiger partial charge in [0.1, 0.15) is 0 Å². The Kier molecular flexibility index (Phi) is 3.97. The second kappa shape index (κ2) is 5.46. The summed E-state index contributed by atoms with van der Waals surface area (Å²) in [5.74, 6) is 0.315. The van der Waals surface area contributed by atoms with Crippen molar-refractivity contribution in [2.75, 3.05) is 6.54 Å². The zero-order valence-corrected chi connectivity index (χ0v) is 9.91. The molecular weight excluding hydrogens is 202 g/mol. The Labute approximate surface area is 97.2 Å². The Bertz CT molecular complexity index is 269. The largest absolute Gasteiger partial charge is 0.282 e. The lowest BCUT2D eigenvalue weighted by atomic mass is 9.88. The summed E-state index contributed by atoms with van der Waals surface area (Å²) in [4.78, 5) is 25.6. The molecule has 0 bridgehead atoms. The quantitative estimate of drug-likeness (QED) is 0.640. The maximum atomic E-state index is 12.2. The number of hydrogen-bond donors (Lipinski definition) is 0. The lowest BCUT2D eigenvalue weighted by Crippen LogP contribution is -2.41. The van der Waals surface area contributed by atoms with E-state index < -0.39 is 0 Å². The lowest BCUT2D eigenvalue weighted by Gasteiger charge is -2.27. The average molecular weight is 223 g/mol. The molecule has 3 nitrogen and oxygen atoms in total. The maximum Gasteiger partial charge on any atom is 0.232 e. The highest BCUT2D eigenvalue weighted by molar-refractivity contribution is 5.96. The maximum absolute atomic E-state index is 12.2. The predicted molar refractivity (Wildman–Crippen MR) is 61.8 cm³/mol. The van der Waals surface area contributed by atoms with Crippen molar-refractivity contribution in [3.8, 4) is 0 Å². The van der Waals surface area contributed by atoms with E-state index in [4.69, 9.17) is 0 Å². The van der Waals surface area contributed by atoms with Crippen LogP contribution in [-0.2, 0) is 9.59 Å². The fourth-order valence-electron chi connectivity index (χ4n) is 2.79. The van der Waals surface area contributed by atoms with Gasteiger partial charge >= 0.3 is 0 Å². The summed E-state index contributed by atoms with van der Waals surface area (Å²) in [6, 6.07) is 0. The minimum absolute atomic E-state index is 0.0630. The van der Waals surface area contributed by atoms with Gasteiger partial charge in [-0.1, -0.05) is 25.7 Å². The van der Waals surface area contributed by atoms with Crippen molar-refractivity contribution in [2.24, 2.45) is 5.92 Å². The Morgan fingerprint density at radius 1 is 1.00 bits per heavy atom. The smallest absolute Gasteiger partial charge is 0.232 e. The van der Waals surface area contributed by atoms with Crippen molar-refractivity contribution >= 4 is 11.8 Å². The van der Waals surface area contributed by atoms with Crippen molar-refractivity contribution in [2.45, 2.75) is 57.8 Å². The van der Waals surface area contributed by atoms with E-state index in [1.54, 1.807) is 4.90 Å². The molecule has 0 spiro atoms. The van der Waals surface area contributed by atoms with Crippen LogP contribution in [0.15, 0.2) is 0 Å². The normalized spacial score (nSPS) is 24.2. The van der Waals surface area contributed by atoms with Gasteiger partial charge in [0, 0.05) is 18.9 Å². The number of imide groups is 1. The molecule has 0 aromatic heterocycles. The van der Waals surface area contributed by atoms with Crippen LogP contribution in [0.2, 0.25) is 0 Å². The standard InChI is InChI=1S/C13H21NO2/c15-12-9-5-2-6-10-14(12)13(16)11-7-3-1-4-8-11/h11H,1-10H2. The van der Waals surface area contributed by atoms with Crippen LogP contribution >= 0.6 is 0 Å². The first-order valence-electron chi connectivity index (χ1n) is 6.63. The van der Waals surface area contributed by atoms with Crippen LogP contribution in [0.1, 0.15) is 57.8 Å². The minimum Gasteiger partial charge on any atom is -0.282 e. The van der Waals surface area contributed by atoms with Crippen LogP contribution in [0.3, 0.4) is 0 Å². The van der Waals surface area contributed by atoms with Gasteiger partial charge in [-0.15, -0.1) is 0 Å². The first-order valence-corrected chi connectivity index (χ1v) is 6.63. The van der Waals surface area contributed by atoms with Gasteiger partial charge in [0.15, 0.2) is 0 Å². The molecule has 2 fully saturated rings. The fourth-order valence-corrected chi connectivity index (χ4v) is 2.79. The van der Waals surface area contributed by atoms with Crippen molar-refractivity contribution < 1.29 is 9.59 Å². The summed E-state index contributed by atoms with van der Waals surface area (Å²) >= 11 is 0. The molecule has 1 aliphatic heterocycles. The first-order chi connectivity index (χ1) is 7.79. The number of carbonyl (C=O) groups excluding carboxylic acids is 2. The predicted octanol–water partition coefficient (Wildman–Crippen LogP) is 2.50. The summed E-state index contributed by atoms with van der Waals surface area (Å²) in [6.45, 7) is 0.661. The third-order valence-electron chi connectivity index (χ3n) is 3.79. The van der Waals surface area contributed by atoms with Crippen molar-refractivity contribution in [1.82, 2.24) is 4.90 Å². The van der Waals surface area contributed by atoms with E-state index in [0.29, 0.717) is 13.0 Å². The summed E-state index contributed by atoms with van der Waals surface area (Å²) < 4.78 is 0. The molecule has 16 heavy (non-hydrogen) atoms. The number of likely N-dealkylation sites (tertiary alicyclic amines) is 1. The molecule has 0 aromatic carbocycles. The van der Waals surface area contributed by atoms with Crippen LogP contribution in [0.5, 0.6) is 0 Å². The summed E-state index contributed by atoms with van der Waals surface area (Å²) in [6.07, 6.45) is 9.12. The molecule has 3 heteroatoms. The number of nitrogens with zero attached hydrogens (tertiary/aromatic N) is 1. The monoisotopic (exact) mass is 223 g/mol. The van der Waals surface area contributed by atoms with E-state index in [0.717, 1.165) is 44.9 Å². The molecule has 2 aliphatic rings. The van der Waals surface area contributed by atoms with E-state index >= 15 is 0 Å². The van der Waals surface area contributed by atoms with E-state index in [1.165, 1.54) is 6.42 Å². The Balaban J connectivity index is 1.98. The molecule has 0 radical (unpaired) electrons. The molecule has 1 heterocycles. The molecule has 1 aliphatic carbocycles. The van der Waals surface area contributed by atoms with Crippen molar-refractivity contribution in [1.29, 1.82) is 0 Å². The third-order valence-corrected chi connectivity index (χ3v) is 3.79. The zero-order chi connectivity index (χ0) is 11.4. The van der Waals surface area contributed by atoms with Gasteiger partial charge in [0.05, 0.1) is 0 Å². The van der Waals surface area contributed by atoms with Crippen molar-refractivity contribution in [3.63, 3.8) is 0 Å². The minimum atomic E-state index is 0.0630. The van der Waals surface area contributed by atoms with Gasteiger partial charge in [-0.05, 0) is 25.7 Å². The molecule has 1 saturated carbocycles. The van der Waals surface area contributed by atoms with E-state index in [-0.39, 0.29) is 17.7 Å². The first kappa shape index (κ1) is 11.6. The highest BCUT2D eigenvalue weighted by Gasteiger charge is 2.30. The SMILES string of the molecule is O=C1CCCCCN1C(=O)C1CCCCC1. The molecular formula is C13H21NO2. The van der Waals surface area contributed by atoms with Crippen LogP contribution < -0.4 is 0 Å². The Morgan fingerprint density at radius 3 is 2.44 bits per heavy atom. The van der Waals surface area contributed by atoms with Crippen LogP contribution in [-0.4, -0.2) is 23.3 Å². The zero-order valence-electron chi connectivity index (χ0n) is 9.91. The van der Waals surface area contributed by atoms with Crippen LogP contribution in [0.4, 0.5) is 0 Å². The van der Waals surface area contributed by atoms with Crippen LogP contribution in [0.25, 0.3) is 0 Å². The highest BCUT2D eigenvalue weighted by Crippen LogP contribution is 2.26. The molecule has 0 aromatic rings. The number of rotatable bonds is 1. The lowest BCUT2D eigenvalue weighted by molar-refractivity contribution is -0.147. The van der Waals surface area contributed by atoms with Crippen molar-refractivity contribution in [3.05, 3.63) is 0 Å². The fraction of sp³-hybridized carbons (Fsp3) is 0.846. The van der Waals surface area contributed by atoms with E-state index in [9.17, 15) is 9.59 Å². The molecule has 0 N–H and O–H groups in total. The Morgan fingerprint density at radius 2 is 1.69 bits per heavy atom. The number of hydrogen-bond acceptors (Lipinski definition) is 2. The van der Waals surface area contributed by atoms with Gasteiger partial charge in [0.25, 0.3) is 0 Å². The van der Waals surface area contributed by atoms with Gasteiger partial charge in [-0.3, -0.25) is 14.5 Å². The van der Waals surface area contributed by atoms with Gasteiger partial charge in [-0.25, -0.2) is 0 Å². The molecule has 90 valence electrons. The van der Waals surface area contributed by atoms with Gasteiger partial charge in [0.2, 0.25) is 11.8 Å². The topological polar surface area (TPSA) is 37.4 Å². The second-order valence-corrected chi connectivity index (χ2v) is 5.03. The number of amides is 2. The van der Waals surface area contributed by atoms with Gasteiger partial charge in [-0.2, -0.15) is 0 Å². The van der Waals surface area contributed by atoms with Crippen LogP contribution in [0, 0.1) is 5.92 Å². The number of carbonyl (C=O) groups is 2. The van der Waals surface area contributed by atoms with E-state index in [1.807, 2.05) is 0 Å². The average Bonchev–Trinajstić information content (AvgIpc) is 2.54. The summed E-state index contributed by atoms with van der Waals surface area (Å²) in [7, 11) is 0. The highest BCUT2D eigenvalue weighted by atomic mass is 16.2. The molecule has 0 atom stereocenters. The second-order valence-electron chi connectivity index (χ2n) is 5.03. The summed E-state index contributed by atoms with van der Waals surface area (Å²) in [5.41, 5.74) is 0. The summed E-state index contributed by atoms with van der Waals surface area (Å²) in [5, 5.41) is 0.